The third-order valence-electron chi connectivity index (χ3n) is 2.42. The lowest BCUT2D eigenvalue weighted by Gasteiger charge is -2.04. The summed E-state index contributed by atoms with van der Waals surface area (Å²) >= 11 is 0. The van der Waals surface area contributed by atoms with Crippen LogP contribution in [0.1, 0.15) is 25.6 Å². The number of hydrogen-bond acceptors (Lipinski definition) is 3. The summed E-state index contributed by atoms with van der Waals surface area (Å²) in [7, 11) is -1.40. The van der Waals surface area contributed by atoms with E-state index in [1.807, 2.05) is 4.68 Å². The Hall–Kier alpha value is -1.67. The summed E-state index contributed by atoms with van der Waals surface area (Å²) in [4.78, 5) is 8.37. The van der Waals surface area contributed by atoms with E-state index in [0.29, 0.717) is 0 Å². The molecule has 0 aliphatic carbocycles. The van der Waals surface area contributed by atoms with E-state index in [1.165, 1.54) is 0 Å². The quantitative estimate of drug-likeness (QED) is 0.583. The summed E-state index contributed by atoms with van der Waals surface area (Å²) in [6, 6.07) is 0.268. The van der Waals surface area contributed by atoms with Gasteiger partial charge in [-0.3, -0.25) is 0 Å². The minimum absolute atomic E-state index is 0.268. The molecule has 2 aromatic heterocycles. The van der Waals surface area contributed by atoms with Crippen molar-refractivity contribution in [1.29, 1.82) is 0 Å². The van der Waals surface area contributed by atoms with Crippen LogP contribution in [-0.2, 0) is 0 Å². The fourth-order valence-corrected chi connectivity index (χ4v) is 2.07. The van der Waals surface area contributed by atoms with E-state index in [0.717, 1.165) is 16.7 Å². The third kappa shape index (κ3) is 2.59. The highest BCUT2D eigenvalue weighted by molar-refractivity contribution is 6.83. The molecule has 0 N–H and O–H groups in total. The first-order valence-electron chi connectivity index (χ1n) is 6.10. The molecule has 0 fully saturated rings. The van der Waals surface area contributed by atoms with Crippen molar-refractivity contribution in [2.45, 2.75) is 39.5 Å². The van der Waals surface area contributed by atoms with Crippen molar-refractivity contribution in [2.75, 3.05) is 0 Å². The highest BCUT2D eigenvalue weighted by Gasteiger charge is 2.13. The van der Waals surface area contributed by atoms with E-state index in [9.17, 15) is 0 Å². The van der Waals surface area contributed by atoms with Crippen molar-refractivity contribution in [3.63, 3.8) is 0 Å². The van der Waals surface area contributed by atoms with Crippen molar-refractivity contribution < 1.29 is 0 Å². The standard InChI is InChI=1S/C13H18N4Si/c1-10(2)17-13-11(8-14-9-15-13)12(16-17)6-7-18(3,4)5/h8-10H,1-5H3. The maximum Gasteiger partial charge on any atom is 0.162 e. The average Bonchev–Trinajstić information content (AvgIpc) is 2.64. The van der Waals surface area contributed by atoms with Gasteiger partial charge in [-0.2, -0.15) is 5.10 Å². The topological polar surface area (TPSA) is 43.6 Å². The van der Waals surface area contributed by atoms with Gasteiger partial charge in [0.2, 0.25) is 0 Å². The molecule has 2 rings (SSSR count). The number of rotatable bonds is 1. The smallest absolute Gasteiger partial charge is 0.162 e. The van der Waals surface area contributed by atoms with Crippen LogP contribution in [0.15, 0.2) is 12.5 Å². The summed E-state index contributed by atoms with van der Waals surface area (Å²) in [5.41, 5.74) is 4.99. The lowest BCUT2D eigenvalue weighted by Crippen LogP contribution is -2.16. The zero-order valence-electron chi connectivity index (χ0n) is 11.5. The Morgan fingerprint density at radius 1 is 1.28 bits per heavy atom. The predicted octanol–water partition coefficient (Wildman–Crippen LogP) is 2.64. The molecule has 0 radical (unpaired) electrons. The minimum Gasteiger partial charge on any atom is -0.244 e. The highest BCUT2D eigenvalue weighted by Crippen LogP contribution is 2.18. The van der Waals surface area contributed by atoms with Crippen molar-refractivity contribution in [3.05, 3.63) is 18.2 Å². The lowest BCUT2D eigenvalue weighted by molar-refractivity contribution is 0.545. The minimum atomic E-state index is -1.40. The molecule has 4 nitrogen and oxygen atoms in total. The predicted molar refractivity (Wildman–Crippen MR) is 75.9 cm³/mol. The number of hydrogen-bond donors (Lipinski definition) is 0. The third-order valence-corrected chi connectivity index (χ3v) is 3.29. The fraction of sp³-hybridized carbons (Fsp3) is 0.462. The zero-order valence-corrected chi connectivity index (χ0v) is 12.5. The molecule has 2 heterocycles. The van der Waals surface area contributed by atoms with E-state index >= 15 is 0 Å². The van der Waals surface area contributed by atoms with Crippen LogP contribution < -0.4 is 0 Å². The summed E-state index contributed by atoms with van der Waals surface area (Å²) < 4.78 is 1.91. The van der Waals surface area contributed by atoms with Gasteiger partial charge >= 0.3 is 0 Å². The molecule has 0 spiro atoms. The zero-order chi connectivity index (χ0) is 13.3. The van der Waals surface area contributed by atoms with Gasteiger partial charge in [0.15, 0.2) is 5.65 Å². The van der Waals surface area contributed by atoms with Gasteiger partial charge in [-0.15, -0.1) is 5.54 Å². The Morgan fingerprint density at radius 3 is 2.61 bits per heavy atom. The Kier molecular flexibility index (Phi) is 3.22. The van der Waals surface area contributed by atoms with Gasteiger partial charge in [0, 0.05) is 12.2 Å². The SMILES string of the molecule is CC(C)n1nc(C#C[Si](C)(C)C)c2cncnc21. The molecule has 0 bridgehead atoms. The van der Waals surface area contributed by atoms with E-state index < -0.39 is 8.07 Å². The number of fused-ring (bicyclic) bond motifs is 1. The molecular weight excluding hydrogens is 240 g/mol. The maximum absolute atomic E-state index is 4.55. The molecule has 0 atom stereocenters. The Bertz CT molecular complexity index is 626. The van der Waals surface area contributed by atoms with Crippen molar-refractivity contribution in [3.8, 4) is 11.5 Å². The normalized spacial score (nSPS) is 11.7. The molecule has 0 unspecified atom stereocenters. The molecule has 0 aliphatic rings. The van der Waals surface area contributed by atoms with Gasteiger partial charge < -0.3 is 0 Å². The van der Waals surface area contributed by atoms with Crippen LogP contribution >= 0.6 is 0 Å². The summed E-state index contributed by atoms with van der Waals surface area (Å²) in [6.07, 6.45) is 3.35. The van der Waals surface area contributed by atoms with Crippen molar-refractivity contribution in [1.82, 2.24) is 19.7 Å². The second kappa shape index (κ2) is 4.54. The molecule has 0 amide bonds. The summed E-state index contributed by atoms with van der Waals surface area (Å²) in [5, 5.41) is 5.50. The number of nitrogens with zero attached hydrogens (tertiary/aromatic N) is 4. The molecule has 2 aromatic rings. The number of aromatic nitrogens is 4. The largest absolute Gasteiger partial charge is 0.244 e. The van der Waals surface area contributed by atoms with E-state index in [1.54, 1.807) is 12.5 Å². The molecule has 0 aromatic carbocycles. The second-order valence-electron chi connectivity index (χ2n) is 5.65. The summed E-state index contributed by atoms with van der Waals surface area (Å²) in [6.45, 7) is 10.8. The van der Waals surface area contributed by atoms with Crippen molar-refractivity contribution >= 4 is 19.1 Å². The van der Waals surface area contributed by atoms with Gasteiger partial charge in [0.1, 0.15) is 20.1 Å². The Labute approximate surface area is 108 Å². The lowest BCUT2D eigenvalue weighted by atomic mass is 10.3. The van der Waals surface area contributed by atoms with E-state index in [-0.39, 0.29) is 6.04 Å². The Morgan fingerprint density at radius 2 is 2.00 bits per heavy atom. The fourth-order valence-electron chi connectivity index (χ4n) is 1.58. The first kappa shape index (κ1) is 12.8. The van der Waals surface area contributed by atoms with Crippen LogP contribution in [0.3, 0.4) is 0 Å². The van der Waals surface area contributed by atoms with Crippen LogP contribution in [0.25, 0.3) is 11.0 Å². The van der Waals surface area contributed by atoms with E-state index in [4.69, 9.17) is 0 Å². The van der Waals surface area contributed by atoms with Crippen molar-refractivity contribution in [2.24, 2.45) is 0 Å². The first-order valence-corrected chi connectivity index (χ1v) is 9.60. The maximum atomic E-state index is 4.55. The monoisotopic (exact) mass is 258 g/mol. The molecule has 0 saturated carbocycles. The first-order chi connectivity index (χ1) is 8.38. The second-order valence-corrected chi connectivity index (χ2v) is 10.4. The van der Waals surface area contributed by atoms with Gasteiger partial charge in [0.25, 0.3) is 0 Å². The van der Waals surface area contributed by atoms with Crippen LogP contribution in [0.5, 0.6) is 0 Å². The van der Waals surface area contributed by atoms with Crippen LogP contribution in [-0.4, -0.2) is 27.8 Å². The summed E-state index contributed by atoms with van der Waals surface area (Å²) in [5.74, 6) is 3.20. The van der Waals surface area contributed by atoms with E-state index in [2.05, 4.69) is 60.0 Å². The van der Waals surface area contributed by atoms with Gasteiger partial charge in [-0.1, -0.05) is 25.6 Å². The van der Waals surface area contributed by atoms with Gasteiger partial charge in [-0.25, -0.2) is 14.6 Å². The Balaban J connectivity index is 2.61. The molecular formula is C13H18N4Si. The average molecular weight is 258 g/mol. The molecule has 5 heteroatoms. The molecule has 94 valence electrons. The molecule has 18 heavy (non-hydrogen) atoms. The van der Waals surface area contributed by atoms with Gasteiger partial charge in [-0.05, 0) is 13.8 Å². The van der Waals surface area contributed by atoms with Crippen LogP contribution in [0.4, 0.5) is 0 Å². The molecule has 0 saturated heterocycles. The molecule has 0 aliphatic heterocycles. The van der Waals surface area contributed by atoms with Crippen LogP contribution in [0, 0.1) is 11.5 Å². The van der Waals surface area contributed by atoms with Crippen LogP contribution in [0.2, 0.25) is 19.6 Å². The van der Waals surface area contributed by atoms with Gasteiger partial charge in [0.05, 0.1) is 5.39 Å². The highest BCUT2D eigenvalue weighted by atomic mass is 28.3.